The van der Waals surface area contributed by atoms with Crippen LogP contribution in [0.5, 0.6) is 0 Å². The van der Waals surface area contributed by atoms with Gasteiger partial charge in [0, 0.05) is 13.2 Å². The topological polar surface area (TPSA) is 83.1 Å². The van der Waals surface area contributed by atoms with E-state index in [4.69, 9.17) is 42.6 Å². The van der Waals surface area contributed by atoms with Gasteiger partial charge >= 0.3 is 0 Å². The molecule has 9 nitrogen and oxygen atoms in total. The van der Waals surface area contributed by atoms with Crippen molar-refractivity contribution in [3.63, 3.8) is 0 Å². The molecule has 0 aromatic rings. The molecule has 0 N–H and O–H groups in total. The smallest absolute Gasteiger partial charge is 0.0701 e. The van der Waals surface area contributed by atoms with E-state index in [-0.39, 0.29) is 0 Å². The highest BCUT2D eigenvalue weighted by Crippen LogP contribution is 2.17. The largest absolute Gasteiger partial charge is 0.379 e. The lowest BCUT2D eigenvalue weighted by molar-refractivity contribution is -0.0253. The summed E-state index contributed by atoms with van der Waals surface area (Å²) in [6.07, 6.45) is 2.08. The maximum atomic E-state index is 5.54. The molecule has 0 aromatic carbocycles. The summed E-state index contributed by atoms with van der Waals surface area (Å²) in [4.78, 5) is 0. The lowest BCUT2D eigenvalue weighted by atomic mass is 9.93. The van der Waals surface area contributed by atoms with Crippen molar-refractivity contribution in [3.05, 3.63) is 0 Å². The highest BCUT2D eigenvalue weighted by Gasteiger charge is 2.08. The molecule has 0 rings (SSSR count). The summed E-state index contributed by atoms with van der Waals surface area (Å²) in [7, 11) is 0. The third-order valence-electron chi connectivity index (χ3n) is 4.32. The second kappa shape index (κ2) is 27.2. The molecule has 0 spiro atoms. The first kappa shape index (κ1) is 33.6. The minimum Gasteiger partial charge on any atom is -0.379 e. The van der Waals surface area contributed by atoms with Crippen LogP contribution >= 0.6 is 0 Å². The monoisotopic (exact) mass is 496 g/mol. The van der Waals surface area contributed by atoms with Gasteiger partial charge in [0.05, 0.1) is 106 Å². The SMILES string of the molecule is CCCOCCOCCOCCOCCOCCOCCOCCOCCOCCC(C)(C)C. The van der Waals surface area contributed by atoms with Gasteiger partial charge in [-0.2, -0.15) is 0 Å². The van der Waals surface area contributed by atoms with Gasteiger partial charge in [0.15, 0.2) is 0 Å². The summed E-state index contributed by atoms with van der Waals surface area (Å²) in [5.41, 5.74) is 0.313. The molecule has 34 heavy (non-hydrogen) atoms. The second-order valence-corrected chi connectivity index (χ2v) is 8.82. The number of hydrogen-bond donors (Lipinski definition) is 0. The summed E-state index contributed by atoms with van der Waals surface area (Å²) < 4.78 is 49.0. The Labute approximate surface area is 208 Å². The van der Waals surface area contributed by atoms with E-state index < -0.39 is 0 Å². The Balaban J connectivity index is 3.03. The summed E-state index contributed by atoms with van der Waals surface area (Å²) in [6, 6.07) is 0. The number of hydrogen-bond acceptors (Lipinski definition) is 9. The van der Waals surface area contributed by atoms with E-state index in [1.165, 1.54) is 0 Å². The van der Waals surface area contributed by atoms with Gasteiger partial charge in [-0.1, -0.05) is 27.7 Å². The molecule has 0 amide bonds. The normalized spacial score (nSPS) is 12.0. The van der Waals surface area contributed by atoms with Crippen LogP contribution in [-0.2, 0) is 42.6 Å². The first-order valence-electron chi connectivity index (χ1n) is 12.8. The van der Waals surface area contributed by atoms with Crippen molar-refractivity contribution in [1.29, 1.82) is 0 Å². The molecule has 0 saturated carbocycles. The van der Waals surface area contributed by atoms with Crippen molar-refractivity contribution in [2.24, 2.45) is 5.41 Å². The van der Waals surface area contributed by atoms with Gasteiger partial charge in [-0.15, -0.1) is 0 Å². The molecule has 0 fully saturated rings. The fourth-order valence-electron chi connectivity index (χ4n) is 2.38. The van der Waals surface area contributed by atoms with Crippen molar-refractivity contribution >= 4 is 0 Å². The highest BCUT2D eigenvalue weighted by atomic mass is 16.6. The van der Waals surface area contributed by atoms with Crippen molar-refractivity contribution < 1.29 is 42.6 Å². The molecule has 0 atom stereocenters. The fourth-order valence-corrected chi connectivity index (χ4v) is 2.38. The van der Waals surface area contributed by atoms with Crippen LogP contribution in [0.2, 0.25) is 0 Å². The molecule has 0 bridgehead atoms. The molecular formula is C25H52O9. The Morgan fingerprint density at radius 2 is 0.529 bits per heavy atom. The maximum Gasteiger partial charge on any atom is 0.0701 e. The molecule has 0 aliphatic carbocycles. The zero-order valence-corrected chi connectivity index (χ0v) is 22.3. The van der Waals surface area contributed by atoms with Crippen LogP contribution in [0.4, 0.5) is 0 Å². The first-order valence-corrected chi connectivity index (χ1v) is 12.8. The Morgan fingerprint density at radius 3 is 0.735 bits per heavy atom. The van der Waals surface area contributed by atoms with Crippen molar-refractivity contribution in [2.75, 3.05) is 119 Å². The quantitative estimate of drug-likeness (QED) is 0.152. The average Bonchev–Trinajstić information content (AvgIpc) is 2.80. The van der Waals surface area contributed by atoms with Crippen LogP contribution in [0.1, 0.15) is 40.5 Å². The number of rotatable bonds is 28. The Bertz CT molecular complexity index is 378. The van der Waals surface area contributed by atoms with Gasteiger partial charge < -0.3 is 42.6 Å². The van der Waals surface area contributed by atoms with E-state index >= 15 is 0 Å². The molecule has 0 radical (unpaired) electrons. The second-order valence-electron chi connectivity index (χ2n) is 8.82. The van der Waals surface area contributed by atoms with E-state index in [2.05, 4.69) is 27.7 Å². The third kappa shape index (κ3) is 31.6. The molecule has 0 aliphatic heterocycles. The highest BCUT2D eigenvalue weighted by molar-refractivity contribution is 4.59. The average molecular weight is 497 g/mol. The van der Waals surface area contributed by atoms with Gasteiger partial charge in [-0.25, -0.2) is 0 Å². The van der Waals surface area contributed by atoms with Crippen LogP contribution in [0.25, 0.3) is 0 Å². The Morgan fingerprint density at radius 1 is 0.324 bits per heavy atom. The predicted octanol–water partition coefficient (Wildman–Crippen LogP) is 2.98. The van der Waals surface area contributed by atoms with Crippen molar-refractivity contribution in [2.45, 2.75) is 40.5 Å². The van der Waals surface area contributed by atoms with Gasteiger partial charge in [0.25, 0.3) is 0 Å². The fraction of sp³-hybridized carbons (Fsp3) is 1.00. The minimum atomic E-state index is 0.313. The van der Waals surface area contributed by atoms with E-state index in [1.54, 1.807) is 0 Å². The number of ether oxygens (including phenoxy) is 9. The molecule has 0 aromatic heterocycles. The summed E-state index contributed by atoms with van der Waals surface area (Å²) >= 11 is 0. The zero-order chi connectivity index (χ0) is 25.0. The van der Waals surface area contributed by atoms with Crippen molar-refractivity contribution in [1.82, 2.24) is 0 Å². The molecule has 206 valence electrons. The third-order valence-corrected chi connectivity index (χ3v) is 4.32. The minimum absolute atomic E-state index is 0.313. The summed E-state index contributed by atoms with van der Waals surface area (Å²) in [6.45, 7) is 19.4. The zero-order valence-electron chi connectivity index (χ0n) is 22.3. The van der Waals surface area contributed by atoms with E-state index in [0.29, 0.717) is 111 Å². The van der Waals surface area contributed by atoms with Crippen molar-refractivity contribution in [3.8, 4) is 0 Å². The maximum absolute atomic E-state index is 5.54. The van der Waals surface area contributed by atoms with Crippen LogP contribution in [0, 0.1) is 5.41 Å². The van der Waals surface area contributed by atoms with E-state index in [9.17, 15) is 0 Å². The predicted molar refractivity (Wildman–Crippen MR) is 132 cm³/mol. The summed E-state index contributed by atoms with van der Waals surface area (Å²) in [5, 5.41) is 0. The molecule has 0 aliphatic rings. The molecule has 0 heterocycles. The molecule has 0 saturated heterocycles. The van der Waals surface area contributed by atoms with Gasteiger partial charge in [-0.05, 0) is 18.3 Å². The Kier molecular flexibility index (Phi) is 26.9. The van der Waals surface area contributed by atoms with E-state index in [0.717, 1.165) is 26.1 Å². The standard InChI is InChI=1S/C25H52O9/c1-5-7-26-9-11-28-13-15-30-17-19-32-21-23-34-24-22-33-20-18-31-16-14-29-12-10-27-8-6-25(2,3)4/h5-24H2,1-4H3. The van der Waals surface area contributed by atoms with E-state index in [1.807, 2.05) is 0 Å². The first-order chi connectivity index (χ1) is 16.6. The van der Waals surface area contributed by atoms with Crippen LogP contribution in [0.15, 0.2) is 0 Å². The van der Waals surface area contributed by atoms with Crippen LogP contribution in [-0.4, -0.2) is 119 Å². The molecule has 0 unspecified atom stereocenters. The lowest BCUT2D eigenvalue weighted by Gasteiger charge is -2.17. The van der Waals surface area contributed by atoms with Crippen LogP contribution in [0.3, 0.4) is 0 Å². The summed E-state index contributed by atoms with van der Waals surface area (Å²) in [5.74, 6) is 0. The molecular weight excluding hydrogens is 444 g/mol. The lowest BCUT2D eigenvalue weighted by Crippen LogP contribution is -2.15. The van der Waals surface area contributed by atoms with Gasteiger partial charge in [0.1, 0.15) is 0 Å². The van der Waals surface area contributed by atoms with Gasteiger partial charge in [-0.3, -0.25) is 0 Å². The van der Waals surface area contributed by atoms with Gasteiger partial charge in [0.2, 0.25) is 0 Å². The van der Waals surface area contributed by atoms with Crippen LogP contribution < -0.4 is 0 Å². The Hall–Kier alpha value is -0.360. The molecule has 9 heteroatoms.